The predicted octanol–water partition coefficient (Wildman–Crippen LogP) is 2.23. The number of nitrogens with zero attached hydrogens (tertiary/aromatic N) is 1. The van der Waals surface area contributed by atoms with Crippen molar-refractivity contribution < 1.29 is 4.74 Å². The Morgan fingerprint density at radius 2 is 2.07 bits per heavy atom. The van der Waals surface area contributed by atoms with E-state index in [0.717, 1.165) is 19.3 Å². The molecule has 1 N–H and O–H groups in total. The van der Waals surface area contributed by atoms with Gasteiger partial charge in [-0.2, -0.15) is 5.26 Å². The molecule has 0 radical (unpaired) electrons. The minimum atomic E-state index is 0.374. The van der Waals surface area contributed by atoms with Gasteiger partial charge in [-0.3, -0.25) is 0 Å². The first-order chi connectivity index (χ1) is 7.30. The van der Waals surface area contributed by atoms with Crippen molar-refractivity contribution >= 4 is 0 Å². The molecule has 0 saturated heterocycles. The van der Waals surface area contributed by atoms with Gasteiger partial charge in [-0.1, -0.05) is 6.92 Å². The van der Waals surface area contributed by atoms with Crippen molar-refractivity contribution in [2.24, 2.45) is 0 Å². The molecule has 0 amide bonds. The molecule has 3 nitrogen and oxygen atoms in total. The quantitative estimate of drug-likeness (QED) is 0.756. The highest BCUT2D eigenvalue weighted by Gasteiger charge is 2.22. The number of ether oxygens (including phenoxy) is 1. The Kier molecular flexibility index (Phi) is 5.67. The summed E-state index contributed by atoms with van der Waals surface area (Å²) in [5, 5.41) is 12.2. The summed E-state index contributed by atoms with van der Waals surface area (Å²) in [5.41, 5.74) is 0. The highest BCUT2D eigenvalue weighted by molar-refractivity contribution is 4.85. The molecule has 1 aliphatic rings. The van der Waals surface area contributed by atoms with E-state index in [1.807, 2.05) is 0 Å². The summed E-state index contributed by atoms with van der Waals surface area (Å²) in [7, 11) is 1.79. The van der Waals surface area contributed by atoms with Gasteiger partial charge in [0.2, 0.25) is 0 Å². The Labute approximate surface area is 92.8 Å². The monoisotopic (exact) mass is 210 g/mol. The Hall–Kier alpha value is -0.590. The van der Waals surface area contributed by atoms with Crippen LogP contribution in [-0.2, 0) is 4.74 Å². The van der Waals surface area contributed by atoms with Gasteiger partial charge in [0.1, 0.15) is 0 Å². The normalized spacial score (nSPS) is 28.3. The predicted molar refractivity (Wildman–Crippen MR) is 60.5 cm³/mol. The molecule has 15 heavy (non-hydrogen) atoms. The van der Waals surface area contributed by atoms with E-state index in [9.17, 15) is 0 Å². The highest BCUT2D eigenvalue weighted by atomic mass is 16.5. The fraction of sp³-hybridized carbons (Fsp3) is 0.917. The summed E-state index contributed by atoms with van der Waals surface area (Å²) >= 11 is 0. The minimum Gasteiger partial charge on any atom is -0.381 e. The van der Waals surface area contributed by atoms with Crippen LogP contribution in [-0.4, -0.2) is 25.3 Å². The topological polar surface area (TPSA) is 45.0 Å². The summed E-state index contributed by atoms with van der Waals surface area (Å²) in [6.45, 7) is 2.13. The molecule has 0 aromatic rings. The fourth-order valence-corrected chi connectivity index (χ4v) is 2.23. The summed E-state index contributed by atoms with van der Waals surface area (Å²) in [4.78, 5) is 0. The molecule has 1 aliphatic carbocycles. The standard InChI is InChI=1S/C12H22N2O/c1-3-10(8-9-13)14-11-4-6-12(15-2)7-5-11/h10-12,14H,3-8H2,1-2H3. The van der Waals surface area contributed by atoms with E-state index in [1.54, 1.807) is 7.11 Å². The van der Waals surface area contributed by atoms with Crippen LogP contribution >= 0.6 is 0 Å². The number of methoxy groups -OCH3 is 1. The SMILES string of the molecule is CCC(CC#N)NC1CCC(OC)CC1. The van der Waals surface area contributed by atoms with Gasteiger partial charge in [0.15, 0.2) is 0 Å². The van der Waals surface area contributed by atoms with E-state index in [1.165, 1.54) is 12.8 Å². The van der Waals surface area contributed by atoms with Gasteiger partial charge in [0.05, 0.1) is 18.6 Å². The summed E-state index contributed by atoms with van der Waals surface area (Å²) in [6.07, 6.45) is 6.78. The summed E-state index contributed by atoms with van der Waals surface area (Å²) in [6, 6.07) is 3.21. The Morgan fingerprint density at radius 1 is 1.40 bits per heavy atom. The first-order valence-electron chi connectivity index (χ1n) is 5.96. The molecule has 1 atom stereocenters. The molecule has 0 spiro atoms. The zero-order valence-corrected chi connectivity index (χ0v) is 9.83. The molecule has 3 heteroatoms. The van der Waals surface area contributed by atoms with E-state index < -0.39 is 0 Å². The minimum absolute atomic E-state index is 0.374. The number of nitrogens with one attached hydrogen (secondary N) is 1. The lowest BCUT2D eigenvalue weighted by molar-refractivity contribution is 0.0611. The average Bonchev–Trinajstić information content (AvgIpc) is 2.29. The van der Waals surface area contributed by atoms with Gasteiger partial charge in [0, 0.05) is 19.2 Å². The molecular weight excluding hydrogens is 188 g/mol. The molecule has 0 aromatic heterocycles. The highest BCUT2D eigenvalue weighted by Crippen LogP contribution is 2.21. The average molecular weight is 210 g/mol. The third-order valence-corrected chi connectivity index (χ3v) is 3.31. The van der Waals surface area contributed by atoms with Crippen LogP contribution in [0.25, 0.3) is 0 Å². The number of nitriles is 1. The second kappa shape index (κ2) is 6.81. The molecule has 86 valence electrons. The maximum Gasteiger partial charge on any atom is 0.0638 e. The van der Waals surface area contributed by atoms with Crippen molar-refractivity contribution in [3.63, 3.8) is 0 Å². The van der Waals surface area contributed by atoms with E-state index in [0.29, 0.717) is 24.6 Å². The van der Waals surface area contributed by atoms with Crippen molar-refractivity contribution in [1.29, 1.82) is 5.26 Å². The lowest BCUT2D eigenvalue weighted by Gasteiger charge is -2.30. The molecule has 1 rings (SSSR count). The smallest absolute Gasteiger partial charge is 0.0638 e. The van der Waals surface area contributed by atoms with Crippen LogP contribution in [0.1, 0.15) is 45.4 Å². The van der Waals surface area contributed by atoms with Gasteiger partial charge < -0.3 is 10.1 Å². The van der Waals surface area contributed by atoms with Gasteiger partial charge in [0.25, 0.3) is 0 Å². The van der Waals surface area contributed by atoms with Crippen LogP contribution in [0.5, 0.6) is 0 Å². The molecule has 0 heterocycles. The Balaban J connectivity index is 2.25. The second-order valence-electron chi connectivity index (χ2n) is 4.34. The van der Waals surface area contributed by atoms with Crippen molar-refractivity contribution in [3.8, 4) is 6.07 Å². The molecule has 0 aromatic carbocycles. The van der Waals surface area contributed by atoms with Crippen LogP contribution in [0.2, 0.25) is 0 Å². The van der Waals surface area contributed by atoms with Crippen LogP contribution < -0.4 is 5.32 Å². The molecule has 1 unspecified atom stereocenters. The Bertz CT molecular complexity index is 204. The van der Waals surface area contributed by atoms with E-state index in [2.05, 4.69) is 18.3 Å². The van der Waals surface area contributed by atoms with Gasteiger partial charge in [-0.25, -0.2) is 0 Å². The molecule has 0 bridgehead atoms. The lowest BCUT2D eigenvalue weighted by Crippen LogP contribution is -2.41. The number of hydrogen-bond acceptors (Lipinski definition) is 3. The third kappa shape index (κ3) is 4.19. The summed E-state index contributed by atoms with van der Waals surface area (Å²) in [5.74, 6) is 0. The van der Waals surface area contributed by atoms with Crippen LogP contribution in [0.4, 0.5) is 0 Å². The molecular formula is C12H22N2O. The van der Waals surface area contributed by atoms with Crippen molar-refractivity contribution in [3.05, 3.63) is 0 Å². The van der Waals surface area contributed by atoms with Gasteiger partial charge in [-0.15, -0.1) is 0 Å². The van der Waals surface area contributed by atoms with Gasteiger partial charge >= 0.3 is 0 Å². The van der Waals surface area contributed by atoms with Crippen molar-refractivity contribution in [2.75, 3.05) is 7.11 Å². The fourth-order valence-electron chi connectivity index (χ4n) is 2.23. The van der Waals surface area contributed by atoms with Crippen LogP contribution in [0.3, 0.4) is 0 Å². The molecule has 1 saturated carbocycles. The maximum atomic E-state index is 8.67. The number of rotatable bonds is 5. The van der Waals surface area contributed by atoms with Crippen LogP contribution in [0, 0.1) is 11.3 Å². The second-order valence-corrected chi connectivity index (χ2v) is 4.34. The van der Waals surface area contributed by atoms with E-state index in [4.69, 9.17) is 10.00 Å². The lowest BCUT2D eigenvalue weighted by atomic mass is 9.92. The first-order valence-corrected chi connectivity index (χ1v) is 5.96. The number of hydrogen-bond donors (Lipinski definition) is 1. The largest absolute Gasteiger partial charge is 0.381 e. The summed E-state index contributed by atoms with van der Waals surface area (Å²) < 4.78 is 5.34. The molecule has 0 aliphatic heterocycles. The van der Waals surface area contributed by atoms with Crippen molar-refractivity contribution in [1.82, 2.24) is 5.32 Å². The van der Waals surface area contributed by atoms with Crippen molar-refractivity contribution in [2.45, 2.75) is 63.6 Å². The van der Waals surface area contributed by atoms with E-state index >= 15 is 0 Å². The first kappa shape index (κ1) is 12.5. The van der Waals surface area contributed by atoms with Crippen LogP contribution in [0.15, 0.2) is 0 Å². The maximum absolute atomic E-state index is 8.67. The Morgan fingerprint density at radius 3 is 2.53 bits per heavy atom. The zero-order chi connectivity index (χ0) is 11.1. The van der Waals surface area contributed by atoms with E-state index in [-0.39, 0.29) is 0 Å². The van der Waals surface area contributed by atoms with Gasteiger partial charge in [-0.05, 0) is 32.1 Å². The molecule has 1 fully saturated rings. The third-order valence-electron chi connectivity index (χ3n) is 3.31. The zero-order valence-electron chi connectivity index (χ0n) is 9.83.